The number of carbonyl (C=O) groups is 1. The van der Waals surface area contributed by atoms with Crippen LogP contribution in [0.15, 0.2) is 66.9 Å². The molecule has 23 heavy (non-hydrogen) atoms. The Labute approximate surface area is 134 Å². The van der Waals surface area contributed by atoms with E-state index in [0.717, 1.165) is 16.5 Å². The maximum absolute atomic E-state index is 12.3. The minimum absolute atomic E-state index is 0.277. The van der Waals surface area contributed by atoms with Gasteiger partial charge in [-0.3, -0.25) is 4.79 Å². The molecule has 2 aromatic carbocycles. The molecular weight excluding hydrogens is 288 g/mol. The highest BCUT2D eigenvalue weighted by Gasteiger charge is 2.11. The third kappa shape index (κ3) is 3.37. The van der Waals surface area contributed by atoms with Gasteiger partial charge in [-0.15, -0.1) is 0 Å². The van der Waals surface area contributed by atoms with Crippen LogP contribution in [0.1, 0.15) is 16.1 Å². The van der Waals surface area contributed by atoms with Gasteiger partial charge in [0, 0.05) is 17.7 Å². The maximum atomic E-state index is 12.3. The SMILES string of the molecule is COc1cc(C(=O)N/C=C/c2ccccc2)nc2ccccc12. The first-order valence-electron chi connectivity index (χ1n) is 7.24. The predicted octanol–water partition coefficient (Wildman–Crippen LogP) is 3.64. The Kier molecular flexibility index (Phi) is 4.34. The Morgan fingerprint density at radius 2 is 1.83 bits per heavy atom. The maximum Gasteiger partial charge on any atom is 0.273 e. The second-order valence-corrected chi connectivity index (χ2v) is 4.94. The number of ether oxygens (including phenoxy) is 1. The topological polar surface area (TPSA) is 51.2 Å². The Morgan fingerprint density at radius 3 is 2.61 bits per heavy atom. The van der Waals surface area contributed by atoms with Crippen molar-refractivity contribution in [1.82, 2.24) is 10.3 Å². The quantitative estimate of drug-likeness (QED) is 0.800. The van der Waals surface area contributed by atoms with E-state index < -0.39 is 0 Å². The van der Waals surface area contributed by atoms with Crippen LogP contribution in [0.5, 0.6) is 5.75 Å². The number of hydrogen-bond donors (Lipinski definition) is 1. The van der Waals surface area contributed by atoms with Crippen LogP contribution in [0, 0.1) is 0 Å². The highest BCUT2D eigenvalue weighted by molar-refractivity contribution is 5.97. The van der Waals surface area contributed by atoms with Crippen molar-refractivity contribution in [3.05, 3.63) is 78.1 Å². The van der Waals surface area contributed by atoms with Gasteiger partial charge < -0.3 is 10.1 Å². The number of carbonyl (C=O) groups excluding carboxylic acids is 1. The lowest BCUT2D eigenvalue weighted by molar-refractivity contribution is 0.0965. The summed E-state index contributed by atoms with van der Waals surface area (Å²) in [5.41, 5.74) is 2.05. The third-order valence-corrected chi connectivity index (χ3v) is 3.42. The number of pyridine rings is 1. The van der Waals surface area contributed by atoms with Gasteiger partial charge in [-0.1, -0.05) is 42.5 Å². The number of hydrogen-bond acceptors (Lipinski definition) is 3. The second-order valence-electron chi connectivity index (χ2n) is 4.94. The van der Waals surface area contributed by atoms with Crippen molar-refractivity contribution in [3.8, 4) is 5.75 Å². The summed E-state index contributed by atoms with van der Waals surface area (Å²) in [4.78, 5) is 16.6. The molecule has 0 fully saturated rings. The Balaban J connectivity index is 1.82. The fourth-order valence-electron chi connectivity index (χ4n) is 2.28. The van der Waals surface area contributed by atoms with E-state index in [1.54, 1.807) is 19.4 Å². The van der Waals surface area contributed by atoms with Gasteiger partial charge in [0.05, 0.1) is 12.6 Å². The van der Waals surface area contributed by atoms with E-state index in [1.807, 2.05) is 60.7 Å². The largest absolute Gasteiger partial charge is 0.496 e. The van der Waals surface area contributed by atoms with E-state index in [9.17, 15) is 4.79 Å². The normalized spacial score (nSPS) is 10.8. The summed E-state index contributed by atoms with van der Waals surface area (Å²) >= 11 is 0. The third-order valence-electron chi connectivity index (χ3n) is 3.42. The molecule has 0 bridgehead atoms. The fourth-order valence-corrected chi connectivity index (χ4v) is 2.28. The van der Waals surface area contributed by atoms with Crippen molar-refractivity contribution in [3.63, 3.8) is 0 Å². The van der Waals surface area contributed by atoms with Gasteiger partial charge in [0.15, 0.2) is 0 Å². The van der Waals surface area contributed by atoms with Gasteiger partial charge >= 0.3 is 0 Å². The zero-order valence-corrected chi connectivity index (χ0v) is 12.7. The van der Waals surface area contributed by atoms with Crippen molar-refractivity contribution in [2.75, 3.05) is 7.11 Å². The molecule has 3 rings (SSSR count). The first kappa shape index (κ1) is 14.8. The zero-order valence-electron chi connectivity index (χ0n) is 12.7. The molecule has 0 saturated heterocycles. The summed E-state index contributed by atoms with van der Waals surface area (Å²) in [6, 6.07) is 19.0. The van der Waals surface area contributed by atoms with Crippen molar-refractivity contribution in [1.29, 1.82) is 0 Å². The van der Waals surface area contributed by atoms with Gasteiger partial charge in [0.1, 0.15) is 11.4 Å². The van der Waals surface area contributed by atoms with Crippen LogP contribution in [0.2, 0.25) is 0 Å². The molecule has 0 aliphatic heterocycles. The number of nitrogens with zero attached hydrogens (tertiary/aromatic N) is 1. The summed E-state index contributed by atoms with van der Waals surface area (Å²) in [6.07, 6.45) is 3.44. The van der Waals surface area contributed by atoms with Crippen LogP contribution in [0.25, 0.3) is 17.0 Å². The number of para-hydroxylation sites is 1. The molecule has 0 saturated carbocycles. The van der Waals surface area contributed by atoms with Gasteiger partial charge in [-0.2, -0.15) is 0 Å². The lowest BCUT2D eigenvalue weighted by atomic mass is 10.1. The first-order valence-corrected chi connectivity index (χ1v) is 7.24. The molecular formula is C19H16N2O2. The summed E-state index contributed by atoms with van der Waals surface area (Å²) in [5, 5.41) is 3.61. The highest BCUT2D eigenvalue weighted by Crippen LogP contribution is 2.24. The van der Waals surface area contributed by atoms with Gasteiger partial charge in [0.2, 0.25) is 0 Å². The number of amides is 1. The number of rotatable bonds is 4. The number of methoxy groups -OCH3 is 1. The minimum atomic E-state index is -0.277. The molecule has 4 heteroatoms. The minimum Gasteiger partial charge on any atom is -0.496 e. The van der Waals surface area contributed by atoms with Gasteiger partial charge in [-0.05, 0) is 23.8 Å². The molecule has 0 unspecified atom stereocenters. The summed E-state index contributed by atoms with van der Waals surface area (Å²) in [5.74, 6) is 0.356. The van der Waals surface area contributed by atoms with E-state index in [2.05, 4.69) is 10.3 Å². The Hall–Kier alpha value is -3.14. The molecule has 0 aliphatic rings. The van der Waals surface area contributed by atoms with Crippen LogP contribution >= 0.6 is 0 Å². The molecule has 4 nitrogen and oxygen atoms in total. The zero-order chi connectivity index (χ0) is 16.1. The number of aromatic nitrogens is 1. The molecule has 0 radical (unpaired) electrons. The van der Waals surface area contributed by atoms with Crippen molar-refractivity contribution < 1.29 is 9.53 Å². The Bertz CT molecular complexity index is 858. The standard InChI is InChI=1S/C19H16N2O2/c1-23-18-13-17(21-16-10-6-5-9-15(16)18)19(22)20-12-11-14-7-3-2-4-8-14/h2-13H,1H3,(H,20,22)/b12-11+. The fraction of sp³-hybridized carbons (Fsp3) is 0.0526. The Morgan fingerprint density at radius 1 is 1.09 bits per heavy atom. The van der Waals surface area contributed by atoms with Gasteiger partial charge in [-0.25, -0.2) is 4.98 Å². The smallest absolute Gasteiger partial charge is 0.273 e. The van der Waals surface area contributed by atoms with Gasteiger partial charge in [0.25, 0.3) is 5.91 Å². The van der Waals surface area contributed by atoms with Crippen molar-refractivity contribution >= 4 is 22.9 Å². The van der Waals surface area contributed by atoms with Crippen LogP contribution in [-0.4, -0.2) is 18.0 Å². The van der Waals surface area contributed by atoms with Crippen LogP contribution in [0.3, 0.4) is 0 Å². The second kappa shape index (κ2) is 6.75. The number of nitrogens with one attached hydrogen (secondary N) is 1. The van der Waals surface area contributed by atoms with E-state index in [0.29, 0.717) is 11.4 Å². The molecule has 1 heterocycles. The lowest BCUT2D eigenvalue weighted by Crippen LogP contribution is -2.18. The molecule has 1 amide bonds. The molecule has 0 aliphatic carbocycles. The van der Waals surface area contributed by atoms with E-state index >= 15 is 0 Å². The van der Waals surface area contributed by atoms with Crippen LogP contribution < -0.4 is 10.1 Å². The van der Waals surface area contributed by atoms with Crippen molar-refractivity contribution in [2.24, 2.45) is 0 Å². The average Bonchev–Trinajstić information content (AvgIpc) is 2.61. The van der Waals surface area contributed by atoms with E-state index in [4.69, 9.17) is 4.74 Å². The summed E-state index contributed by atoms with van der Waals surface area (Å²) in [6.45, 7) is 0. The molecule has 114 valence electrons. The molecule has 0 spiro atoms. The molecule has 1 N–H and O–H groups in total. The average molecular weight is 304 g/mol. The van der Waals surface area contributed by atoms with E-state index in [-0.39, 0.29) is 5.91 Å². The first-order chi connectivity index (χ1) is 11.3. The highest BCUT2D eigenvalue weighted by atomic mass is 16.5. The number of benzene rings is 2. The van der Waals surface area contributed by atoms with E-state index in [1.165, 1.54) is 0 Å². The van der Waals surface area contributed by atoms with Crippen LogP contribution in [0.4, 0.5) is 0 Å². The summed E-state index contributed by atoms with van der Waals surface area (Å²) < 4.78 is 5.35. The van der Waals surface area contributed by atoms with Crippen molar-refractivity contribution in [2.45, 2.75) is 0 Å². The van der Waals surface area contributed by atoms with Crippen LogP contribution in [-0.2, 0) is 0 Å². The molecule has 3 aromatic rings. The predicted molar refractivity (Wildman–Crippen MR) is 91.2 cm³/mol. The monoisotopic (exact) mass is 304 g/mol. The molecule has 0 atom stereocenters. The molecule has 1 aromatic heterocycles. The number of fused-ring (bicyclic) bond motifs is 1. The lowest BCUT2D eigenvalue weighted by Gasteiger charge is -2.07. The summed E-state index contributed by atoms with van der Waals surface area (Å²) in [7, 11) is 1.58.